The van der Waals surface area contributed by atoms with Gasteiger partial charge in [-0.1, -0.05) is 12.1 Å². The van der Waals surface area contributed by atoms with Crippen LogP contribution >= 0.6 is 0 Å². The van der Waals surface area contributed by atoms with Gasteiger partial charge in [0.05, 0.1) is 31.5 Å². The summed E-state index contributed by atoms with van der Waals surface area (Å²) in [6.07, 6.45) is 0. The second-order valence-corrected chi connectivity index (χ2v) is 8.27. The van der Waals surface area contributed by atoms with Crippen LogP contribution < -0.4 is 4.74 Å². The van der Waals surface area contributed by atoms with Crippen molar-refractivity contribution in [1.82, 2.24) is 4.31 Å². The van der Waals surface area contributed by atoms with Gasteiger partial charge in [-0.2, -0.15) is 4.31 Å². The summed E-state index contributed by atoms with van der Waals surface area (Å²) in [5.41, 5.74) is 0.0542. The Morgan fingerprint density at radius 1 is 1.13 bits per heavy atom. The topological polar surface area (TPSA) is 99.2 Å². The van der Waals surface area contributed by atoms with Crippen molar-refractivity contribution in [2.75, 3.05) is 40.0 Å². The molecule has 0 unspecified atom stereocenters. The lowest BCUT2D eigenvalue weighted by molar-refractivity contribution is 0.0473. The molecule has 2 aromatic carbocycles. The molecule has 1 aliphatic rings. The van der Waals surface area contributed by atoms with Gasteiger partial charge >= 0.3 is 5.97 Å². The number of carbonyl (C=O) groups excluding carboxylic acids is 2. The summed E-state index contributed by atoms with van der Waals surface area (Å²) in [7, 11) is -2.74. The van der Waals surface area contributed by atoms with E-state index in [2.05, 4.69) is 0 Å². The number of para-hydroxylation sites is 1. The van der Waals surface area contributed by atoms with E-state index in [1.807, 2.05) is 0 Å². The molecule has 0 spiro atoms. The highest BCUT2D eigenvalue weighted by Crippen LogP contribution is 2.23. The number of ether oxygens (including phenoxy) is 3. The van der Waals surface area contributed by atoms with Crippen LogP contribution in [0.4, 0.5) is 4.39 Å². The second kappa shape index (κ2) is 9.33. The van der Waals surface area contributed by atoms with Gasteiger partial charge in [-0.3, -0.25) is 4.79 Å². The number of methoxy groups -OCH3 is 1. The lowest BCUT2D eigenvalue weighted by Crippen LogP contribution is -2.41. The van der Waals surface area contributed by atoms with Gasteiger partial charge in [0.2, 0.25) is 15.8 Å². The quantitative estimate of drug-likeness (QED) is 0.482. The summed E-state index contributed by atoms with van der Waals surface area (Å²) < 4.78 is 56.0. The predicted octanol–water partition coefficient (Wildman–Crippen LogP) is 1.89. The number of rotatable bonds is 7. The Labute approximate surface area is 173 Å². The summed E-state index contributed by atoms with van der Waals surface area (Å²) in [6.45, 7) is -0.00285. The number of halogens is 1. The predicted molar refractivity (Wildman–Crippen MR) is 104 cm³/mol. The number of hydrogen-bond donors (Lipinski definition) is 0. The summed E-state index contributed by atoms with van der Waals surface area (Å²) in [5.74, 6) is -2.09. The normalized spacial score (nSPS) is 14.9. The molecule has 0 atom stereocenters. The fraction of sp³-hybridized carbons (Fsp3) is 0.300. The molecule has 1 saturated heterocycles. The van der Waals surface area contributed by atoms with E-state index in [1.54, 1.807) is 18.2 Å². The molecule has 0 radical (unpaired) electrons. The minimum Gasteiger partial charge on any atom is -0.496 e. The molecule has 0 aliphatic carbocycles. The highest BCUT2D eigenvalue weighted by Gasteiger charge is 2.30. The highest BCUT2D eigenvalue weighted by molar-refractivity contribution is 7.89. The molecule has 0 saturated carbocycles. The maximum atomic E-state index is 14.2. The van der Waals surface area contributed by atoms with Gasteiger partial charge in [-0.05, 0) is 30.3 Å². The van der Waals surface area contributed by atoms with E-state index in [9.17, 15) is 22.4 Å². The van der Waals surface area contributed by atoms with Gasteiger partial charge in [-0.25, -0.2) is 17.6 Å². The summed E-state index contributed by atoms with van der Waals surface area (Å²) in [5, 5.41) is 0. The molecule has 1 heterocycles. The summed E-state index contributed by atoms with van der Waals surface area (Å²) >= 11 is 0. The van der Waals surface area contributed by atoms with Gasteiger partial charge in [0, 0.05) is 13.1 Å². The van der Waals surface area contributed by atoms with Crippen LogP contribution in [0, 0.1) is 5.82 Å². The molecule has 0 bridgehead atoms. The lowest BCUT2D eigenvalue weighted by Gasteiger charge is -2.26. The Hall–Kier alpha value is -2.82. The number of carbonyl (C=O) groups is 2. The van der Waals surface area contributed by atoms with Crippen LogP contribution in [0.2, 0.25) is 0 Å². The zero-order valence-corrected chi connectivity index (χ0v) is 17.0. The third kappa shape index (κ3) is 4.66. The SMILES string of the molecule is COc1ccccc1C(=O)COC(=O)c1ccc(F)c(S(=O)(=O)N2CCOCC2)c1. The average molecular weight is 437 g/mol. The Balaban J connectivity index is 1.75. The molecule has 30 heavy (non-hydrogen) atoms. The molecule has 2 aromatic rings. The van der Waals surface area contributed by atoms with E-state index in [0.717, 1.165) is 22.5 Å². The van der Waals surface area contributed by atoms with Gasteiger partial charge in [0.15, 0.2) is 6.61 Å². The van der Waals surface area contributed by atoms with Crippen LogP contribution in [0.1, 0.15) is 20.7 Å². The Kier molecular flexibility index (Phi) is 6.80. The minimum atomic E-state index is -4.14. The Morgan fingerprint density at radius 2 is 1.83 bits per heavy atom. The van der Waals surface area contributed by atoms with Gasteiger partial charge in [0.1, 0.15) is 16.5 Å². The van der Waals surface area contributed by atoms with E-state index in [0.29, 0.717) is 5.75 Å². The molecule has 1 aliphatic heterocycles. The number of sulfonamides is 1. The first-order valence-corrected chi connectivity index (χ1v) is 10.5. The maximum absolute atomic E-state index is 14.2. The Morgan fingerprint density at radius 3 is 2.53 bits per heavy atom. The van der Waals surface area contributed by atoms with Crippen LogP contribution in [0.15, 0.2) is 47.4 Å². The van der Waals surface area contributed by atoms with Crippen molar-refractivity contribution < 1.29 is 36.6 Å². The first kappa shape index (κ1) is 21.9. The second-order valence-electron chi connectivity index (χ2n) is 6.36. The molecule has 160 valence electrons. The van der Waals surface area contributed by atoms with Crippen molar-refractivity contribution in [3.05, 3.63) is 59.4 Å². The van der Waals surface area contributed by atoms with Crippen molar-refractivity contribution in [3.63, 3.8) is 0 Å². The number of benzene rings is 2. The van der Waals surface area contributed by atoms with Crippen molar-refractivity contribution >= 4 is 21.8 Å². The van der Waals surface area contributed by atoms with Crippen molar-refractivity contribution in [2.45, 2.75) is 4.90 Å². The van der Waals surface area contributed by atoms with E-state index in [-0.39, 0.29) is 37.4 Å². The van der Waals surface area contributed by atoms with Crippen LogP contribution in [0.5, 0.6) is 5.75 Å². The molecule has 10 heteroatoms. The minimum absolute atomic E-state index is 0.0872. The fourth-order valence-electron chi connectivity index (χ4n) is 2.92. The molecule has 1 fully saturated rings. The van der Waals surface area contributed by atoms with E-state index < -0.39 is 39.1 Å². The highest BCUT2D eigenvalue weighted by atomic mass is 32.2. The zero-order valence-electron chi connectivity index (χ0n) is 16.2. The average Bonchev–Trinajstić information content (AvgIpc) is 2.77. The zero-order chi connectivity index (χ0) is 21.7. The molecule has 8 nitrogen and oxygen atoms in total. The monoisotopic (exact) mass is 437 g/mol. The Bertz CT molecular complexity index is 1050. The van der Waals surface area contributed by atoms with E-state index in [1.165, 1.54) is 13.2 Å². The number of Topliss-reactive ketones (excluding diaryl/α,β-unsaturated/α-hetero) is 1. The number of ketones is 1. The van der Waals surface area contributed by atoms with E-state index >= 15 is 0 Å². The van der Waals surface area contributed by atoms with E-state index in [4.69, 9.17) is 14.2 Å². The standard InChI is InChI=1S/C20H20FNO7S/c1-27-18-5-3-2-4-15(18)17(23)13-29-20(24)14-6-7-16(21)19(12-14)30(25,26)22-8-10-28-11-9-22/h2-7,12H,8-11,13H2,1H3. The van der Waals surface area contributed by atoms with Gasteiger partial charge in [-0.15, -0.1) is 0 Å². The maximum Gasteiger partial charge on any atom is 0.338 e. The van der Waals surface area contributed by atoms with Crippen LogP contribution in [-0.2, 0) is 19.5 Å². The third-order valence-electron chi connectivity index (χ3n) is 4.50. The number of esters is 1. The fourth-order valence-corrected chi connectivity index (χ4v) is 4.42. The number of nitrogens with zero attached hydrogens (tertiary/aromatic N) is 1. The van der Waals surface area contributed by atoms with Gasteiger partial charge < -0.3 is 14.2 Å². The molecule has 0 N–H and O–H groups in total. The first-order chi connectivity index (χ1) is 14.3. The molecule has 0 aromatic heterocycles. The lowest BCUT2D eigenvalue weighted by atomic mass is 10.1. The number of hydrogen-bond acceptors (Lipinski definition) is 7. The smallest absolute Gasteiger partial charge is 0.338 e. The molecular formula is C20H20FNO7S. The number of morpholine rings is 1. The van der Waals surface area contributed by atoms with Crippen molar-refractivity contribution in [2.24, 2.45) is 0 Å². The van der Waals surface area contributed by atoms with Crippen LogP contribution in [-0.4, -0.2) is 64.5 Å². The van der Waals surface area contributed by atoms with Crippen LogP contribution in [0.25, 0.3) is 0 Å². The van der Waals surface area contributed by atoms with Crippen molar-refractivity contribution in [3.8, 4) is 5.75 Å². The van der Waals surface area contributed by atoms with Crippen molar-refractivity contribution in [1.29, 1.82) is 0 Å². The summed E-state index contributed by atoms with van der Waals surface area (Å²) in [4.78, 5) is 24.0. The largest absolute Gasteiger partial charge is 0.496 e. The van der Waals surface area contributed by atoms with Crippen LogP contribution in [0.3, 0.4) is 0 Å². The third-order valence-corrected chi connectivity index (χ3v) is 6.41. The molecule has 3 rings (SSSR count). The molecule has 0 amide bonds. The first-order valence-electron chi connectivity index (χ1n) is 9.05. The summed E-state index contributed by atoms with van der Waals surface area (Å²) in [6, 6.07) is 9.35. The van der Waals surface area contributed by atoms with Gasteiger partial charge in [0.25, 0.3) is 0 Å². The molecular weight excluding hydrogens is 417 g/mol.